The molecule has 126 valence electrons. The first-order valence-corrected chi connectivity index (χ1v) is 8.17. The van der Waals surface area contributed by atoms with Gasteiger partial charge < -0.3 is 14.8 Å². The van der Waals surface area contributed by atoms with Crippen LogP contribution >= 0.6 is 11.3 Å². The lowest BCUT2D eigenvalue weighted by Crippen LogP contribution is -2.41. The number of carbonyl (C=O) groups is 1. The van der Waals surface area contributed by atoms with Crippen molar-refractivity contribution in [2.24, 2.45) is 0 Å². The van der Waals surface area contributed by atoms with E-state index >= 15 is 0 Å². The van der Waals surface area contributed by atoms with E-state index in [1.54, 1.807) is 26.8 Å². The van der Waals surface area contributed by atoms with Crippen molar-refractivity contribution in [3.63, 3.8) is 0 Å². The summed E-state index contributed by atoms with van der Waals surface area (Å²) in [6, 6.07) is 1.76. The van der Waals surface area contributed by atoms with E-state index in [1.807, 2.05) is 13.8 Å². The number of hydrogen-bond donors (Lipinski definition) is 2. The lowest BCUT2D eigenvalue weighted by molar-refractivity contribution is -0.122. The zero-order valence-electron chi connectivity index (χ0n) is 14.0. The molecule has 0 saturated heterocycles. The maximum atomic E-state index is 12.1. The van der Waals surface area contributed by atoms with E-state index in [0.29, 0.717) is 17.1 Å². The quantitative estimate of drug-likeness (QED) is 0.870. The Kier molecular flexibility index (Phi) is 4.81. The van der Waals surface area contributed by atoms with Gasteiger partial charge in [-0.1, -0.05) is 11.3 Å². The van der Waals surface area contributed by atoms with Gasteiger partial charge in [0.15, 0.2) is 0 Å². The van der Waals surface area contributed by atoms with Gasteiger partial charge in [0.2, 0.25) is 5.91 Å². The van der Waals surface area contributed by atoms with Crippen molar-refractivity contribution in [1.29, 1.82) is 0 Å². The number of aromatic nitrogens is 1. The van der Waals surface area contributed by atoms with E-state index in [-0.39, 0.29) is 23.9 Å². The van der Waals surface area contributed by atoms with E-state index in [0.717, 1.165) is 21.9 Å². The summed E-state index contributed by atoms with van der Waals surface area (Å²) < 4.78 is 6.86. The van der Waals surface area contributed by atoms with Crippen LogP contribution in [0.5, 0.6) is 0 Å². The fourth-order valence-electron chi connectivity index (χ4n) is 2.50. The first kappa shape index (κ1) is 17.5. The van der Waals surface area contributed by atoms with Gasteiger partial charge in [0, 0.05) is 16.1 Å². The van der Waals surface area contributed by atoms with Gasteiger partial charge in [-0.3, -0.25) is 14.2 Å². The number of amides is 1. The van der Waals surface area contributed by atoms with Crippen LogP contribution in [0.2, 0.25) is 0 Å². The Hall–Kier alpha value is -1.86. The second-order valence-electron chi connectivity index (χ2n) is 5.97. The Morgan fingerprint density at radius 3 is 2.52 bits per heavy atom. The third-order valence-electron chi connectivity index (χ3n) is 3.93. The number of nitrogens with zero attached hydrogens (tertiary/aromatic N) is 1. The van der Waals surface area contributed by atoms with Crippen molar-refractivity contribution in [3.05, 3.63) is 43.4 Å². The SMILES string of the molecule is Cc1cc(C(C)(O)CNC(=O)Cn2c(C)c(C)sc2=O)c(C)o1. The fourth-order valence-corrected chi connectivity index (χ4v) is 3.33. The molecule has 2 aromatic heterocycles. The van der Waals surface area contributed by atoms with E-state index in [9.17, 15) is 14.7 Å². The molecule has 0 spiro atoms. The van der Waals surface area contributed by atoms with Crippen LogP contribution in [0.4, 0.5) is 0 Å². The zero-order valence-corrected chi connectivity index (χ0v) is 14.8. The summed E-state index contributed by atoms with van der Waals surface area (Å²) in [6.45, 7) is 8.86. The summed E-state index contributed by atoms with van der Waals surface area (Å²) >= 11 is 1.13. The van der Waals surface area contributed by atoms with Crippen LogP contribution in [-0.4, -0.2) is 22.1 Å². The molecule has 2 N–H and O–H groups in total. The highest BCUT2D eigenvalue weighted by atomic mass is 32.1. The molecule has 2 aromatic rings. The monoisotopic (exact) mass is 338 g/mol. The largest absolute Gasteiger partial charge is 0.466 e. The molecular formula is C16H22N2O4S. The van der Waals surface area contributed by atoms with E-state index in [4.69, 9.17) is 4.42 Å². The highest BCUT2D eigenvalue weighted by Gasteiger charge is 2.28. The van der Waals surface area contributed by atoms with Crippen LogP contribution < -0.4 is 10.2 Å². The topological polar surface area (TPSA) is 84.5 Å². The summed E-state index contributed by atoms with van der Waals surface area (Å²) in [6.07, 6.45) is 0. The standard InChI is InChI=1S/C16H22N2O4S/c1-9-6-13(11(3)22-9)16(5,21)8-17-14(19)7-18-10(2)12(4)23-15(18)20/h6,21H,7-8H2,1-5H3,(H,17,19). The minimum atomic E-state index is -1.23. The molecule has 2 heterocycles. The number of hydrogen-bond acceptors (Lipinski definition) is 5. The Bertz CT molecular complexity index is 783. The smallest absolute Gasteiger partial charge is 0.308 e. The summed E-state index contributed by atoms with van der Waals surface area (Å²) in [5.74, 6) is 1.02. The molecule has 0 bridgehead atoms. The number of aliphatic hydroxyl groups is 1. The number of furan rings is 1. The van der Waals surface area contributed by atoms with Crippen LogP contribution in [-0.2, 0) is 16.9 Å². The van der Waals surface area contributed by atoms with Crippen molar-refractivity contribution < 1.29 is 14.3 Å². The number of aryl methyl sites for hydroxylation is 3. The summed E-state index contributed by atoms with van der Waals surface area (Å²) in [5, 5.41) is 13.3. The molecule has 0 aromatic carbocycles. The minimum Gasteiger partial charge on any atom is -0.466 e. The summed E-state index contributed by atoms with van der Waals surface area (Å²) in [7, 11) is 0. The van der Waals surface area contributed by atoms with Crippen LogP contribution in [0.3, 0.4) is 0 Å². The van der Waals surface area contributed by atoms with Gasteiger partial charge in [-0.2, -0.15) is 0 Å². The van der Waals surface area contributed by atoms with E-state index in [1.165, 1.54) is 4.57 Å². The first-order valence-electron chi connectivity index (χ1n) is 7.35. The molecule has 1 unspecified atom stereocenters. The second kappa shape index (κ2) is 6.33. The van der Waals surface area contributed by atoms with Crippen molar-refractivity contribution in [3.8, 4) is 0 Å². The van der Waals surface area contributed by atoms with E-state index < -0.39 is 5.60 Å². The van der Waals surface area contributed by atoms with Crippen molar-refractivity contribution in [2.45, 2.75) is 46.8 Å². The van der Waals surface area contributed by atoms with Crippen molar-refractivity contribution in [1.82, 2.24) is 9.88 Å². The lowest BCUT2D eigenvalue weighted by atomic mass is 9.96. The second-order valence-corrected chi connectivity index (χ2v) is 7.14. The first-order chi connectivity index (χ1) is 10.6. The van der Waals surface area contributed by atoms with Gasteiger partial charge in [0.1, 0.15) is 23.7 Å². The summed E-state index contributed by atoms with van der Waals surface area (Å²) in [4.78, 5) is 24.7. The number of thiazole rings is 1. The van der Waals surface area contributed by atoms with Crippen LogP contribution in [0.1, 0.15) is 34.6 Å². The lowest BCUT2D eigenvalue weighted by Gasteiger charge is -2.23. The molecular weight excluding hydrogens is 316 g/mol. The third-order valence-corrected chi connectivity index (χ3v) is 4.92. The van der Waals surface area contributed by atoms with Crippen LogP contribution in [0.15, 0.2) is 15.3 Å². The van der Waals surface area contributed by atoms with Crippen LogP contribution in [0, 0.1) is 27.7 Å². The highest BCUT2D eigenvalue weighted by Crippen LogP contribution is 2.26. The third kappa shape index (κ3) is 3.73. The summed E-state index contributed by atoms with van der Waals surface area (Å²) in [5.41, 5.74) is 0.209. The molecule has 23 heavy (non-hydrogen) atoms. The van der Waals surface area contributed by atoms with Gasteiger partial charge in [-0.15, -0.1) is 0 Å². The molecule has 1 atom stereocenters. The number of rotatable bonds is 5. The Morgan fingerprint density at radius 1 is 1.39 bits per heavy atom. The zero-order chi connectivity index (χ0) is 17.4. The normalized spacial score (nSPS) is 13.8. The maximum absolute atomic E-state index is 12.1. The molecule has 0 fully saturated rings. The Morgan fingerprint density at radius 2 is 2.04 bits per heavy atom. The van der Waals surface area contributed by atoms with Gasteiger partial charge in [0.25, 0.3) is 0 Å². The van der Waals surface area contributed by atoms with Crippen molar-refractivity contribution in [2.75, 3.05) is 6.54 Å². The fraction of sp³-hybridized carbons (Fsp3) is 0.500. The van der Waals surface area contributed by atoms with Gasteiger partial charge in [-0.25, -0.2) is 0 Å². The molecule has 0 saturated carbocycles. The van der Waals surface area contributed by atoms with E-state index in [2.05, 4.69) is 5.32 Å². The highest BCUT2D eigenvalue weighted by molar-refractivity contribution is 7.09. The molecule has 0 aliphatic rings. The molecule has 6 nitrogen and oxygen atoms in total. The molecule has 0 radical (unpaired) electrons. The number of nitrogens with one attached hydrogen (secondary N) is 1. The molecule has 1 amide bonds. The predicted octanol–water partition coefficient (Wildman–Crippen LogP) is 1.76. The Labute approximate surface area is 138 Å². The predicted molar refractivity (Wildman–Crippen MR) is 88.8 cm³/mol. The molecule has 0 aliphatic heterocycles. The molecule has 7 heteroatoms. The van der Waals surface area contributed by atoms with Gasteiger partial charge in [-0.05, 0) is 40.7 Å². The average molecular weight is 338 g/mol. The number of carbonyl (C=O) groups excluding carboxylic acids is 1. The minimum absolute atomic E-state index is 0.0442. The van der Waals surface area contributed by atoms with Crippen LogP contribution in [0.25, 0.3) is 0 Å². The van der Waals surface area contributed by atoms with Gasteiger partial charge >= 0.3 is 4.87 Å². The molecule has 2 rings (SSSR count). The Balaban J connectivity index is 2.04. The van der Waals surface area contributed by atoms with Gasteiger partial charge in [0.05, 0.1) is 6.54 Å². The maximum Gasteiger partial charge on any atom is 0.308 e. The van der Waals surface area contributed by atoms with Crippen molar-refractivity contribution >= 4 is 17.2 Å². The molecule has 0 aliphatic carbocycles. The average Bonchev–Trinajstić information content (AvgIpc) is 2.91.